The SMILES string of the molecule is Nc1ccc(Cc2ccc(N)cn2)nc1. The van der Waals surface area contributed by atoms with Gasteiger partial charge in [0, 0.05) is 17.8 Å². The molecule has 0 fully saturated rings. The van der Waals surface area contributed by atoms with E-state index >= 15 is 0 Å². The maximum absolute atomic E-state index is 5.55. The molecule has 0 unspecified atom stereocenters. The number of nitrogen functional groups attached to an aromatic ring is 2. The Morgan fingerprint density at radius 2 is 1.27 bits per heavy atom. The average molecular weight is 200 g/mol. The van der Waals surface area contributed by atoms with Crippen LogP contribution in [0.2, 0.25) is 0 Å². The summed E-state index contributed by atoms with van der Waals surface area (Å²) in [4.78, 5) is 8.40. The van der Waals surface area contributed by atoms with Gasteiger partial charge in [-0.15, -0.1) is 0 Å². The maximum atomic E-state index is 5.55. The van der Waals surface area contributed by atoms with Crippen LogP contribution in [0, 0.1) is 0 Å². The molecule has 0 spiro atoms. The van der Waals surface area contributed by atoms with Crippen LogP contribution >= 0.6 is 0 Å². The third kappa shape index (κ3) is 2.43. The first kappa shape index (κ1) is 9.45. The van der Waals surface area contributed by atoms with Gasteiger partial charge in [-0.25, -0.2) is 0 Å². The predicted molar refractivity (Wildman–Crippen MR) is 60.1 cm³/mol. The lowest BCUT2D eigenvalue weighted by molar-refractivity contribution is 1.01. The van der Waals surface area contributed by atoms with Gasteiger partial charge in [0.05, 0.1) is 23.8 Å². The van der Waals surface area contributed by atoms with Gasteiger partial charge in [-0.2, -0.15) is 0 Å². The van der Waals surface area contributed by atoms with Crippen molar-refractivity contribution >= 4 is 11.4 Å². The fraction of sp³-hybridized carbons (Fsp3) is 0.0909. The number of aromatic nitrogens is 2. The zero-order chi connectivity index (χ0) is 10.7. The summed E-state index contributed by atoms with van der Waals surface area (Å²) in [5.41, 5.74) is 14.3. The molecule has 0 amide bonds. The standard InChI is InChI=1S/C11H12N4/c12-8-1-3-10(14-6-8)5-11-4-2-9(13)7-15-11/h1-4,6-7H,5,12-13H2. The Kier molecular flexibility index (Phi) is 2.49. The number of nitrogens with two attached hydrogens (primary N) is 2. The Hall–Kier alpha value is -2.10. The smallest absolute Gasteiger partial charge is 0.0501 e. The molecule has 4 heteroatoms. The van der Waals surface area contributed by atoms with Crippen molar-refractivity contribution in [3.05, 3.63) is 48.0 Å². The van der Waals surface area contributed by atoms with E-state index in [4.69, 9.17) is 11.5 Å². The third-order valence-electron chi connectivity index (χ3n) is 2.06. The summed E-state index contributed by atoms with van der Waals surface area (Å²) in [5.74, 6) is 0. The zero-order valence-corrected chi connectivity index (χ0v) is 8.22. The van der Waals surface area contributed by atoms with Crippen LogP contribution in [0.3, 0.4) is 0 Å². The van der Waals surface area contributed by atoms with Crippen molar-refractivity contribution in [2.75, 3.05) is 11.5 Å². The largest absolute Gasteiger partial charge is 0.397 e. The number of rotatable bonds is 2. The number of hydrogen-bond acceptors (Lipinski definition) is 4. The second-order valence-corrected chi connectivity index (χ2v) is 3.34. The number of anilines is 2. The average Bonchev–Trinajstić information content (AvgIpc) is 2.25. The zero-order valence-electron chi connectivity index (χ0n) is 8.22. The molecule has 4 N–H and O–H groups in total. The minimum Gasteiger partial charge on any atom is -0.397 e. The quantitative estimate of drug-likeness (QED) is 0.764. The van der Waals surface area contributed by atoms with E-state index in [1.54, 1.807) is 12.4 Å². The third-order valence-corrected chi connectivity index (χ3v) is 2.06. The van der Waals surface area contributed by atoms with Crippen molar-refractivity contribution in [1.29, 1.82) is 0 Å². The molecule has 0 bridgehead atoms. The van der Waals surface area contributed by atoms with Crippen LogP contribution in [0.1, 0.15) is 11.4 Å². The van der Waals surface area contributed by atoms with Gasteiger partial charge < -0.3 is 11.5 Å². The second kappa shape index (κ2) is 3.96. The maximum Gasteiger partial charge on any atom is 0.0501 e. The van der Waals surface area contributed by atoms with Gasteiger partial charge in [0.15, 0.2) is 0 Å². The summed E-state index contributed by atoms with van der Waals surface area (Å²) >= 11 is 0. The molecule has 76 valence electrons. The van der Waals surface area contributed by atoms with Gasteiger partial charge in [-0.3, -0.25) is 9.97 Å². The Balaban J connectivity index is 2.15. The molecule has 4 nitrogen and oxygen atoms in total. The van der Waals surface area contributed by atoms with E-state index in [1.165, 1.54) is 0 Å². The molecule has 0 radical (unpaired) electrons. The molecule has 2 aromatic rings. The molecule has 0 aliphatic heterocycles. The van der Waals surface area contributed by atoms with Gasteiger partial charge in [0.1, 0.15) is 0 Å². The lowest BCUT2D eigenvalue weighted by Crippen LogP contribution is -1.96. The first-order valence-electron chi connectivity index (χ1n) is 4.65. The van der Waals surface area contributed by atoms with Crippen LogP contribution in [-0.2, 0) is 6.42 Å². The summed E-state index contributed by atoms with van der Waals surface area (Å²) in [7, 11) is 0. The highest BCUT2D eigenvalue weighted by Crippen LogP contribution is 2.08. The molecule has 0 atom stereocenters. The van der Waals surface area contributed by atoms with E-state index in [0.29, 0.717) is 17.8 Å². The molecule has 0 saturated heterocycles. The highest BCUT2D eigenvalue weighted by molar-refractivity contribution is 5.37. The Labute approximate surface area is 88.0 Å². The van der Waals surface area contributed by atoms with Crippen LogP contribution in [0.4, 0.5) is 11.4 Å². The van der Waals surface area contributed by atoms with E-state index in [0.717, 1.165) is 11.4 Å². The molecule has 0 aliphatic carbocycles. The summed E-state index contributed by atoms with van der Waals surface area (Å²) in [6.07, 6.45) is 3.99. The van der Waals surface area contributed by atoms with Gasteiger partial charge in [0.25, 0.3) is 0 Å². The van der Waals surface area contributed by atoms with Crippen molar-refractivity contribution in [3.8, 4) is 0 Å². The molecular formula is C11H12N4. The summed E-state index contributed by atoms with van der Waals surface area (Å²) in [5, 5.41) is 0. The Morgan fingerprint density at radius 1 is 0.800 bits per heavy atom. The summed E-state index contributed by atoms with van der Waals surface area (Å²) in [6.45, 7) is 0. The van der Waals surface area contributed by atoms with Crippen molar-refractivity contribution in [2.24, 2.45) is 0 Å². The highest BCUT2D eigenvalue weighted by Gasteiger charge is 1.98. The number of nitrogens with zero attached hydrogens (tertiary/aromatic N) is 2. The van der Waals surface area contributed by atoms with Crippen molar-refractivity contribution in [2.45, 2.75) is 6.42 Å². The molecule has 2 rings (SSSR count). The first-order valence-corrected chi connectivity index (χ1v) is 4.65. The molecule has 15 heavy (non-hydrogen) atoms. The van der Waals surface area contributed by atoms with Gasteiger partial charge in [-0.1, -0.05) is 0 Å². The van der Waals surface area contributed by atoms with Crippen molar-refractivity contribution in [3.63, 3.8) is 0 Å². The van der Waals surface area contributed by atoms with Gasteiger partial charge >= 0.3 is 0 Å². The summed E-state index contributed by atoms with van der Waals surface area (Å²) < 4.78 is 0. The fourth-order valence-electron chi connectivity index (χ4n) is 1.27. The van der Waals surface area contributed by atoms with E-state index < -0.39 is 0 Å². The minimum atomic E-state index is 0.670. The molecule has 2 aromatic heterocycles. The van der Waals surface area contributed by atoms with Gasteiger partial charge in [-0.05, 0) is 24.3 Å². The lowest BCUT2D eigenvalue weighted by Gasteiger charge is -2.01. The lowest BCUT2D eigenvalue weighted by atomic mass is 10.2. The van der Waals surface area contributed by atoms with Crippen LogP contribution in [-0.4, -0.2) is 9.97 Å². The van der Waals surface area contributed by atoms with Crippen LogP contribution in [0.5, 0.6) is 0 Å². The first-order chi connectivity index (χ1) is 7.24. The minimum absolute atomic E-state index is 0.670. The van der Waals surface area contributed by atoms with Crippen LogP contribution in [0.25, 0.3) is 0 Å². The monoisotopic (exact) mass is 200 g/mol. The Bertz CT molecular complexity index is 390. The van der Waals surface area contributed by atoms with E-state index in [9.17, 15) is 0 Å². The predicted octanol–water partition coefficient (Wildman–Crippen LogP) is 1.23. The molecule has 0 saturated carbocycles. The van der Waals surface area contributed by atoms with Crippen molar-refractivity contribution < 1.29 is 0 Å². The van der Waals surface area contributed by atoms with Crippen LogP contribution < -0.4 is 11.5 Å². The van der Waals surface area contributed by atoms with E-state index in [2.05, 4.69) is 9.97 Å². The topological polar surface area (TPSA) is 77.8 Å². The molecule has 0 aliphatic rings. The highest BCUT2D eigenvalue weighted by atomic mass is 14.7. The normalized spacial score (nSPS) is 10.1. The van der Waals surface area contributed by atoms with Crippen molar-refractivity contribution in [1.82, 2.24) is 9.97 Å². The number of hydrogen-bond donors (Lipinski definition) is 2. The summed E-state index contributed by atoms with van der Waals surface area (Å²) in [6, 6.07) is 7.46. The molecule has 2 heterocycles. The second-order valence-electron chi connectivity index (χ2n) is 3.34. The van der Waals surface area contributed by atoms with E-state index in [-0.39, 0.29) is 0 Å². The van der Waals surface area contributed by atoms with Crippen LogP contribution in [0.15, 0.2) is 36.7 Å². The Morgan fingerprint density at radius 3 is 1.60 bits per heavy atom. The fourth-order valence-corrected chi connectivity index (χ4v) is 1.27. The molecular weight excluding hydrogens is 188 g/mol. The van der Waals surface area contributed by atoms with E-state index in [1.807, 2.05) is 24.3 Å². The van der Waals surface area contributed by atoms with Gasteiger partial charge in [0.2, 0.25) is 0 Å². The number of pyridine rings is 2. The molecule has 0 aromatic carbocycles.